The molecular weight excluding hydrogens is 143 g/mol. The molecule has 1 N–H and O–H groups in total. The van der Waals surface area contributed by atoms with Crippen molar-refractivity contribution in [1.82, 2.24) is 10.3 Å². The molecule has 2 nitrogen and oxygen atoms in total. The van der Waals surface area contributed by atoms with E-state index in [1.54, 1.807) is 12.3 Å². The highest BCUT2D eigenvalue weighted by molar-refractivity contribution is 5.13. The van der Waals surface area contributed by atoms with Crippen molar-refractivity contribution < 1.29 is 4.39 Å². The first-order valence-electron chi connectivity index (χ1n) is 3.51. The lowest BCUT2D eigenvalue weighted by molar-refractivity contribution is 0.476. The van der Waals surface area contributed by atoms with Gasteiger partial charge < -0.3 is 5.32 Å². The Balaban J connectivity index is 2.66. The van der Waals surface area contributed by atoms with E-state index < -0.39 is 6.67 Å². The number of nitrogens with zero attached hydrogens (tertiary/aromatic N) is 1. The van der Waals surface area contributed by atoms with Gasteiger partial charge in [-0.3, -0.25) is 4.98 Å². The summed E-state index contributed by atoms with van der Waals surface area (Å²) in [5.41, 5.74) is 1.56. The fourth-order valence-electron chi connectivity index (χ4n) is 0.843. The van der Waals surface area contributed by atoms with Crippen LogP contribution in [0.2, 0.25) is 0 Å². The van der Waals surface area contributed by atoms with Gasteiger partial charge in [0.05, 0.1) is 5.69 Å². The molecule has 11 heavy (non-hydrogen) atoms. The van der Waals surface area contributed by atoms with Crippen molar-refractivity contribution in [3.05, 3.63) is 29.6 Å². The third-order valence-corrected chi connectivity index (χ3v) is 1.40. The number of hydrogen-bond acceptors (Lipinski definition) is 2. The molecule has 0 aromatic carbocycles. The molecule has 60 valence electrons. The van der Waals surface area contributed by atoms with Gasteiger partial charge in [-0.2, -0.15) is 0 Å². The van der Waals surface area contributed by atoms with Crippen LogP contribution >= 0.6 is 0 Å². The van der Waals surface area contributed by atoms with Crippen LogP contribution in [0.25, 0.3) is 0 Å². The zero-order chi connectivity index (χ0) is 8.10. The fourth-order valence-corrected chi connectivity index (χ4v) is 0.843. The maximum absolute atomic E-state index is 12.0. The first-order valence-corrected chi connectivity index (χ1v) is 3.51. The normalized spacial score (nSPS) is 10.0. The lowest BCUT2D eigenvalue weighted by Crippen LogP contribution is -2.05. The molecule has 1 heterocycles. The minimum Gasteiger partial charge on any atom is -0.316 e. The largest absolute Gasteiger partial charge is 0.316 e. The minimum absolute atomic E-state index is 0.486. The number of rotatable bonds is 3. The molecule has 0 aliphatic carbocycles. The van der Waals surface area contributed by atoms with Gasteiger partial charge in [0.15, 0.2) is 0 Å². The molecule has 0 fully saturated rings. The van der Waals surface area contributed by atoms with Gasteiger partial charge in [0, 0.05) is 12.7 Å². The van der Waals surface area contributed by atoms with Gasteiger partial charge >= 0.3 is 0 Å². The van der Waals surface area contributed by atoms with Crippen LogP contribution in [0.3, 0.4) is 0 Å². The third kappa shape index (κ3) is 2.27. The molecule has 0 aliphatic rings. The van der Waals surface area contributed by atoms with Crippen LogP contribution in [0.15, 0.2) is 18.3 Å². The SMILES string of the molecule is CNCc1ccc(CF)nc1. The monoisotopic (exact) mass is 154 g/mol. The van der Waals surface area contributed by atoms with Crippen molar-refractivity contribution in [3.63, 3.8) is 0 Å². The van der Waals surface area contributed by atoms with E-state index in [1.807, 2.05) is 13.1 Å². The molecule has 0 aliphatic heterocycles. The van der Waals surface area contributed by atoms with E-state index in [1.165, 1.54) is 0 Å². The second kappa shape index (κ2) is 4.03. The van der Waals surface area contributed by atoms with E-state index in [2.05, 4.69) is 10.3 Å². The second-order valence-electron chi connectivity index (χ2n) is 2.32. The van der Waals surface area contributed by atoms with Crippen LogP contribution in [0.4, 0.5) is 4.39 Å². The molecule has 3 heteroatoms. The van der Waals surface area contributed by atoms with Gasteiger partial charge in [-0.05, 0) is 18.7 Å². The van der Waals surface area contributed by atoms with E-state index in [-0.39, 0.29) is 0 Å². The van der Waals surface area contributed by atoms with Gasteiger partial charge in [-0.25, -0.2) is 4.39 Å². The Kier molecular flexibility index (Phi) is 2.98. The third-order valence-electron chi connectivity index (χ3n) is 1.40. The summed E-state index contributed by atoms with van der Waals surface area (Å²) in [4.78, 5) is 3.90. The predicted octanol–water partition coefficient (Wildman–Crippen LogP) is 1.27. The van der Waals surface area contributed by atoms with Crippen LogP contribution in [0.5, 0.6) is 0 Å². The molecule has 0 saturated heterocycles. The molecule has 0 spiro atoms. The lowest BCUT2D eigenvalue weighted by atomic mass is 10.2. The summed E-state index contributed by atoms with van der Waals surface area (Å²) in [5, 5.41) is 2.99. The average molecular weight is 154 g/mol. The molecule has 1 aromatic rings. The van der Waals surface area contributed by atoms with Gasteiger partial charge in [0.25, 0.3) is 0 Å². The number of nitrogens with one attached hydrogen (secondary N) is 1. The highest BCUT2D eigenvalue weighted by Crippen LogP contribution is 2.00. The lowest BCUT2D eigenvalue weighted by Gasteiger charge is -1.98. The smallest absolute Gasteiger partial charge is 0.131 e. The summed E-state index contributed by atoms with van der Waals surface area (Å²) < 4.78 is 12.0. The van der Waals surface area contributed by atoms with Gasteiger partial charge in [-0.1, -0.05) is 6.07 Å². The van der Waals surface area contributed by atoms with Crippen molar-refractivity contribution in [2.75, 3.05) is 7.05 Å². The topological polar surface area (TPSA) is 24.9 Å². The van der Waals surface area contributed by atoms with Gasteiger partial charge in [0.2, 0.25) is 0 Å². The Labute approximate surface area is 65.5 Å². The number of hydrogen-bond donors (Lipinski definition) is 1. The van der Waals surface area contributed by atoms with Crippen molar-refractivity contribution in [1.29, 1.82) is 0 Å². The Morgan fingerprint density at radius 1 is 1.55 bits per heavy atom. The van der Waals surface area contributed by atoms with Gasteiger partial charge in [0.1, 0.15) is 6.67 Å². The number of alkyl halides is 1. The average Bonchev–Trinajstić information content (AvgIpc) is 2.07. The van der Waals surface area contributed by atoms with Crippen LogP contribution < -0.4 is 5.32 Å². The van der Waals surface area contributed by atoms with Crippen molar-refractivity contribution in [2.24, 2.45) is 0 Å². The van der Waals surface area contributed by atoms with Crippen molar-refractivity contribution >= 4 is 0 Å². The molecule has 0 amide bonds. The maximum Gasteiger partial charge on any atom is 0.131 e. The number of halogens is 1. The Hall–Kier alpha value is -0.960. The van der Waals surface area contributed by atoms with Crippen LogP contribution in [0.1, 0.15) is 11.3 Å². The number of pyridine rings is 1. The Morgan fingerprint density at radius 3 is 2.82 bits per heavy atom. The van der Waals surface area contributed by atoms with E-state index in [9.17, 15) is 4.39 Å². The fraction of sp³-hybridized carbons (Fsp3) is 0.375. The zero-order valence-corrected chi connectivity index (χ0v) is 6.47. The summed E-state index contributed by atoms with van der Waals surface area (Å²) >= 11 is 0. The Morgan fingerprint density at radius 2 is 2.36 bits per heavy atom. The first kappa shape index (κ1) is 8.14. The molecule has 0 atom stereocenters. The van der Waals surface area contributed by atoms with Crippen molar-refractivity contribution in [2.45, 2.75) is 13.2 Å². The molecule has 0 saturated carbocycles. The van der Waals surface area contributed by atoms with E-state index >= 15 is 0 Å². The van der Waals surface area contributed by atoms with E-state index in [4.69, 9.17) is 0 Å². The van der Waals surface area contributed by atoms with Crippen LogP contribution in [-0.4, -0.2) is 12.0 Å². The Bertz CT molecular complexity index is 208. The summed E-state index contributed by atoms with van der Waals surface area (Å²) in [6.45, 7) is 0.291. The van der Waals surface area contributed by atoms with Crippen LogP contribution in [-0.2, 0) is 13.2 Å². The minimum atomic E-state index is -0.486. The molecule has 0 unspecified atom stereocenters. The quantitative estimate of drug-likeness (QED) is 0.709. The predicted molar refractivity (Wildman–Crippen MR) is 41.8 cm³/mol. The standard InChI is InChI=1S/C8H11FN2/c1-10-5-7-2-3-8(4-9)11-6-7/h2-3,6,10H,4-5H2,1H3. The zero-order valence-electron chi connectivity index (χ0n) is 6.47. The number of aromatic nitrogens is 1. The molecular formula is C8H11FN2. The highest BCUT2D eigenvalue weighted by Gasteiger charge is 1.93. The summed E-state index contributed by atoms with van der Waals surface area (Å²) in [5.74, 6) is 0. The van der Waals surface area contributed by atoms with Crippen molar-refractivity contribution in [3.8, 4) is 0 Å². The second-order valence-corrected chi connectivity index (χ2v) is 2.32. The maximum atomic E-state index is 12.0. The van der Waals surface area contributed by atoms with E-state index in [0.717, 1.165) is 12.1 Å². The molecule has 1 aromatic heterocycles. The van der Waals surface area contributed by atoms with Gasteiger partial charge in [-0.15, -0.1) is 0 Å². The van der Waals surface area contributed by atoms with Crippen LogP contribution in [0, 0.1) is 0 Å². The van der Waals surface area contributed by atoms with E-state index in [0.29, 0.717) is 5.69 Å². The first-order chi connectivity index (χ1) is 5.36. The molecule has 1 rings (SSSR count). The summed E-state index contributed by atoms with van der Waals surface area (Å²) in [7, 11) is 1.86. The highest BCUT2D eigenvalue weighted by atomic mass is 19.1. The molecule has 0 bridgehead atoms. The molecule has 0 radical (unpaired) electrons. The summed E-state index contributed by atoms with van der Waals surface area (Å²) in [6.07, 6.45) is 1.69. The summed E-state index contributed by atoms with van der Waals surface area (Å²) in [6, 6.07) is 3.57.